The van der Waals surface area contributed by atoms with Crippen molar-refractivity contribution in [2.75, 3.05) is 6.26 Å². The minimum atomic E-state index is -1.56. The zero-order valence-electron chi connectivity index (χ0n) is 10.4. The van der Waals surface area contributed by atoms with Crippen LogP contribution in [0.3, 0.4) is 0 Å². The summed E-state index contributed by atoms with van der Waals surface area (Å²) < 4.78 is 38.9. The first-order valence-corrected chi connectivity index (χ1v) is 7.28. The van der Waals surface area contributed by atoms with Crippen molar-refractivity contribution in [1.29, 1.82) is 0 Å². The molecular weight excluding hydrogens is 275 g/mol. The lowest BCUT2D eigenvalue weighted by molar-refractivity contribution is 0.0937. The number of hydrogen-bond donors (Lipinski definition) is 1. The van der Waals surface area contributed by atoms with Gasteiger partial charge in [0.1, 0.15) is 0 Å². The monoisotopic (exact) mass is 289 g/mol. The van der Waals surface area contributed by atoms with Gasteiger partial charge < -0.3 is 5.32 Å². The molecule has 6 heteroatoms. The predicted molar refractivity (Wildman–Crippen MR) is 68.7 cm³/mol. The molecule has 2 rings (SSSR count). The second kappa shape index (κ2) is 5.86. The standard InChI is InChI=1S/C13H14F3NOS/c1-19-9-3-2-8(6-9)17-13(18)7-4-10(14)12(16)11(15)5-7/h4-5,8-9H,2-3,6H2,1H3,(H,17,18). The molecule has 0 aliphatic heterocycles. The third-order valence-corrected chi connectivity index (χ3v) is 4.39. The van der Waals surface area contributed by atoms with E-state index in [0.717, 1.165) is 31.4 Å². The molecule has 19 heavy (non-hydrogen) atoms. The van der Waals surface area contributed by atoms with Crippen LogP contribution >= 0.6 is 11.8 Å². The molecule has 0 radical (unpaired) electrons. The van der Waals surface area contributed by atoms with Gasteiger partial charge in [-0.05, 0) is 37.7 Å². The molecule has 0 aromatic heterocycles. The lowest BCUT2D eigenvalue weighted by Gasteiger charge is -2.13. The van der Waals surface area contributed by atoms with Crippen LogP contribution in [0, 0.1) is 17.5 Å². The van der Waals surface area contributed by atoms with E-state index in [-0.39, 0.29) is 11.6 Å². The van der Waals surface area contributed by atoms with Gasteiger partial charge >= 0.3 is 0 Å². The molecule has 0 bridgehead atoms. The zero-order valence-corrected chi connectivity index (χ0v) is 11.2. The van der Waals surface area contributed by atoms with Crippen molar-refractivity contribution in [1.82, 2.24) is 5.32 Å². The molecule has 1 aromatic rings. The summed E-state index contributed by atoms with van der Waals surface area (Å²) in [5.74, 6) is -4.82. The Labute approximate surface area is 113 Å². The number of carbonyl (C=O) groups excluding carboxylic acids is 1. The van der Waals surface area contributed by atoms with Crippen LogP contribution in [0.4, 0.5) is 13.2 Å². The van der Waals surface area contributed by atoms with Crippen LogP contribution in [-0.2, 0) is 0 Å². The van der Waals surface area contributed by atoms with Crippen molar-refractivity contribution < 1.29 is 18.0 Å². The predicted octanol–water partition coefficient (Wildman–Crippen LogP) is 3.12. The number of halogens is 3. The maximum absolute atomic E-state index is 13.0. The fraction of sp³-hybridized carbons (Fsp3) is 0.462. The van der Waals surface area contributed by atoms with Crippen LogP contribution < -0.4 is 5.32 Å². The van der Waals surface area contributed by atoms with E-state index in [0.29, 0.717) is 5.25 Å². The number of carbonyl (C=O) groups is 1. The number of nitrogens with one attached hydrogen (secondary N) is 1. The Balaban J connectivity index is 2.04. The smallest absolute Gasteiger partial charge is 0.251 e. The van der Waals surface area contributed by atoms with Crippen molar-refractivity contribution in [3.63, 3.8) is 0 Å². The van der Waals surface area contributed by atoms with E-state index in [2.05, 4.69) is 5.32 Å². The molecule has 1 aromatic carbocycles. The van der Waals surface area contributed by atoms with Crippen molar-refractivity contribution in [3.05, 3.63) is 35.1 Å². The minimum absolute atomic E-state index is 0.0149. The number of hydrogen-bond acceptors (Lipinski definition) is 2. The first-order chi connectivity index (χ1) is 9.01. The van der Waals surface area contributed by atoms with E-state index in [1.165, 1.54) is 0 Å². The maximum Gasteiger partial charge on any atom is 0.251 e. The van der Waals surface area contributed by atoms with Crippen LogP contribution in [0.25, 0.3) is 0 Å². The molecule has 1 amide bonds. The molecule has 1 saturated carbocycles. The molecule has 104 valence electrons. The van der Waals surface area contributed by atoms with E-state index in [1.54, 1.807) is 11.8 Å². The Morgan fingerprint density at radius 3 is 2.42 bits per heavy atom. The first-order valence-electron chi connectivity index (χ1n) is 5.99. The van der Waals surface area contributed by atoms with Gasteiger partial charge in [-0.2, -0.15) is 11.8 Å². The van der Waals surface area contributed by atoms with E-state index in [1.807, 2.05) is 6.26 Å². The van der Waals surface area contributed by atoms with E-state index >= 15 is 0 Å². The van der Waals surface area contributed by atoms with Gasteiger partial charge in [-0.25, -0.2) is 13.2 Å². The fourth-order valence-corrected chi connectivity index (χ4v) is 3.04. The van der Waals surface area contributed by atoms with Gasteiger partial charge in [0.05, 0.1) is 0 Å². The number of amides is 1. The van der Waals surface area contributed by atoms with Crippen LogP contribution in [0.5, 0.6) is 0 Å². The minimum Gasteiger partial charge on any atom is -0.349 e. The molecule has 0 heterocycles. The quantitative estimate of drug-likeness (QED) is 0.866. The van der Waals surface area contributed by atoms with Crippen LogP contribution in [0.15, 0.2) is 12.1 Å². The van der Waals surface area contributed by atoms with E-state index in [9.17, 15) is 18.0 Å². The molecule has 0 saturated heterocycles. The summed E-state index contributed by atoms with van der Waals surface area (Å²) in [6.07, 6.45) is 4.72. The summed E-state index contributed by atoms with van der Waals surface area (Å²) in [7, 11) is 0. The highest BCUT2D eigenvalue weighted by Gasteiger charge is 2.26. The summed E-state index contributed by atoms with van der Waals surface area (Å²) in [5, 5.41) is 3.23. The fourth-order valence-electron chi connectivity index (χ4n) is 2.24. The second-order valence-electron chi connectivity index (χ2n) is 4.60. The second-order valence-corrected chi connectivity index (χ2v) is 5.73. The van der Waals surface area contributed by atoms with Gasteiger partial charge in [0.25, 0.3) is 5.91 Å². The molecule has 1 N–H and O–H groups in total. The van der Waals surface area contributed by atoms with E-state index in [4.69, 9.17) is 0 Å². The Morgan fingerprint density at radius 1 is 1.26 bits per heavy atom. The molecule has 2 unspecified atom stereocenters. The zero-order chi connectivity index (χ0) is 14.0. The third-order valence-electron chi connectivity index (χ3n) is 3.30. The SMILES string of the molecule is CSC1CCC(NC(=O)c2cc(F)c(F)c(F)c2)C1. The van der Waals surface area contributed by atoms with Gasteiger partial charge in [0.15, 0.2) is 17.5 Å². The molecule has 1 aliphatic rings. The molecule has 2 atom stereocenters. The van der Waals surface area contributed by atoms with Gasteiger partial charge in [-0.3, -0.25) is 4.79 Å². The highest BCUT2D eigenvalue weighted by atomic mass is 32.2. The molecule has 1 fully saturated rings. The Hall–Kier alpha value is -1.17. The van der Waals surface area contributed by atoms with Crippen molar-refractivity contribution in [2.45, 2.75) is 30.6 Å². The molecule has 2 nitrogen and oxygen atoms in total. The Bertz CT molecular complexity index is 472. The Kier molecular flexibility index (Phi) is 4.39. The molecule has 0 spiro atoms. The summed E-state index contributed by atoms with van der Waals surface area (Å²) in [5.41, 5.74) is -0.191. The third kappa shape index (κ3) is 3.23. The van der Waals surface area contributed by atoms with E-state index < -0.39 is 23.4 Å². The van der Waals surface area contributed by atoms with Crippen molar-refractivity contribution in [2.24, 2.45) is 0 Å². The summed E-state index contributed by atoms with van der Waals surface area (Å²) >= 11 is 1.75. The van der Waals surface area contributed by atoms with Gasteiger partial charge in [0.2, 0.25) is 0 Å². The summed E-state index contributed by atoms with van der Waals surface area (Å²) in [6.45, 7) is 0. The molecule has 1 aliphatic carbocycles. The number of thioether (sulfide) groups is 1. The first kappa shape index (κ1) is 14.2. The number of rotatable bonds is 3. The van der Waals surface area contributed by atoms with Crippen molar-refractivity contribution >= 4 is 17.7 Å². The maximum atomic E-state index is 13.0. The van der Waals surface area contributed by atoms with Gasteiger partial charge in [-0.15, -0.1) is 0 Å². The Morgan fingerprint density at radius 2 is 1.89 bits per heavy atom. The lowest BCUT2D eigenvalue weighted by atomic mass is 10.1. The van der Waals surface area contributed by atoms with Gasteiger partial charge in [-0.1, -0.05) is 0 Å². The highest BCUT2D eigenvalue weighted by Crippen LogP contribution is 2.28. The molecular formula is C13H14F3NOS. The normalized spacial score (nSPS) is 22.5. The highest BCUT2D eigenvalue weighted by molar-refractivity contribution is 7.99. The summed E-state index contributed by atoms with van der Waals surface area (Å²) in [6, 6.07) is 1.45. The largest absolute Gasteiger partial charge is 0.349 e. The van der Waals surface area contributed by atoms with Gasteiger partial charge in [0, 0.05) is 16.9 Å². The lowest BCUT2D eigenvalue weighted by Crippen LogP contribution is -2.33. The van der Waals surface area contributed by atoms with Crippen LogP contribution in [0.2, 0.25) is 0 Å². The van der Waals surface area contributed by atoms with Crippen LogP contribution in [0.1, 0.15) is 29.6 Å². The van der Waals surface area contributed by atoms with Crippen molar-refractivity contribution in [3.8, 4) is 0 Å². The summed E-state index contributed by atoms with van der Waals surface area (Å²) in [4.78, 5) is 11.8. The number of benzene rings is 1. The average Bonchev–Trinajstić information content (AvgIpc) is 2.83. The average molecular weight is 289 g/mol. The topological polar surface area (TPSA) is 29.1 Å². The van der Waals surface area contributed by atoms with Crippen LogP contribution in [-0.4, -0.2) is 23.5 Å².